The zero-order chi connectivity index (χ0) is 55.3. The van der Waals surface area contributed by atoms with Crippen molar-refractivity contribution in [2.24, 2.45) is 44.6 Å². The Morgan fingerprint density at radius 1 is 0.632 bits per heavy atom. The number of carboxylic acid groups (broad SMARTS) is 1. The van der Waals surface area contributed by atoms with Gasteiger partial charge in [0, 0.05) is 52.1 Å². The molecule has 2 aromatic rings. The summed E-state index contributed by atoms with van der Waals surface area (Å²) < 4.78 is 0. The number of rotatable bonds is 27. The van der Waals surface area contributed by atoms with E-state index in [1.54, 1.807) is 60.7 Å². The number of benzene rings is 2. The molecule has 0 unspecified atom stereocenters. The maximum atomic E-state index is 14.2. The number of nitrogens with one attached hydrogen (secondary N) is 4. The van der Waals surface area contributed by atoms with Gasteiger partial charge in [0.15, 0.2) is 17.7 Å². The average molecular weight is 1060 g/mol. The van der Waals surface area contributed by atoms with Gasteiger partial charge in [-0.15, -0.1) is 0 Å². The minimum absolute atomic E-state index is 0.0288. The Bertz CT molecular complexity index is 2400. The Labute approximate surface area is 440 Å². The number of hydrazine groups is 1. The van der Waals surface area contributed by atoms with Gasteiger partial charge in [-0.1, -0.05) is 60.7 Å². The third-order valence-electron chi connectivity index (χ3n) is 13.4. The Morgan fingerprint density at radius 3 is 1.76 bits per heavy atom. The largest absolute Gasteiger partial charge is 0.481 e. The van der Waals surface area contributed by atoms with Crippen LogP contribution in [0.1, 0.15) is 75.3 Å². The van der Waals surface area contributed by atoms with E-state index in [0.29, 0.717) is 36.8 Å². The fourth-order valence-corrected chi connectivity index (χ4v) is 9.45. The lowest BCUT2D eigenvalue weighted by molar-refractivity contribution is -0.145. The summed E-state index contributed by atoms with van der Waals surface area (Å²) >= 11 is 0. The van der Waals surface area contributed by atoms with Crippen LogP contribution in [0, 0.1) is 5.92 Å². The van der Waals surface area contributed by atoms with Crippen LogP contribution in [0.25, 0.3) is 0 Å². The number of carbonyl (C=O) groups is 9. The fraction of sp³-hybridized carbons (Fsp3) is 0.540. The Balaban J connectivity index is 1.21. The highest BCUT2D eigenvalue weighted by molar-refractivity contribution is 5.97. The summed E-state index contributed by atoms with van der Waals surface area (Å²) in [4.78, 5) is 133. The van der Waals surface area contributed by atoms with Crippen LogP contribution < -0.4 is 49.9 Å². The molecule has 76 heavy (non-hydrogen) atoms. The maximum Gasteiger partial charge on any atom is 0.339 e. The summed E-state index contributed by atoms with van der Waals surface area (Å²) in [6, 6.07) is 9.77. The van der Waals surface area contributed by atoms with Gasteiger partial charge in [0.2, 0.25) is 29.5 Å². The van der Waals surface area contributed by atoms with Crippen molar-refractivity contribution in [1.29, 1.82) is 0 Å². The first kappa shape index (κ1) is 59.0. The molecule has 3 saturated heterocycles. The van der Waals surface area contributed by atoms with Gasteiger partial charge in [0.25, 0.3) is 5.91 Å². The smallest absolute Gasteiger partial charge is 0.339 e. The number of aliphatic carboxylic acids is 1. The van der Waals surface area contributed by atoms with E-state index in [-0.39, 0.29) is 96.1 Å². The molecule has 2 aromatic carbocycles. The number of nitrogens with zero attached hydrogens (tertiary/aromatic N) is 6. The lowest BCUT2D eigenvalue weighted by atomic mass is 9.91. The number of ketones is 1. The molecule has 414 valence electrons. The van der Waals surface area contributed by atoms with E-state index < -0.39 is 115 Å². The van der Waals surface area contributed by atoms with Gasteiger partial charge in [-0.2, -0.15) is 0 Å². The second-order valence-corrected chi connectivity index (χ2v) is 19.0. The van der Waals surface area contributed by atoms with Crippen molar-refractivity contribution in [3.63, 3.8) is 0 Å². The summed E-state index contributed by atoms with van der Waals surface area (Å²) in [6.07, 6.45) is 2.44. The van der Waals surface area contributed by atoms with E-state index in [1.807, 2.05) is 0 Å². The second-order valence-electron chi connectivity index (χ2n) is 19.0. The molecule has 0 bridgehead atoms. The molecule has 3 heterocycles. The first-order valence-corrected chi connectivity index (χ1v) is 25.6. The summed E-state index contributed by atoms with van der Waals surface area (Å²) in [5.41, 5.74) is 29.0. The number of guanidine groups is 2. The highest BCUT2D eigenvalue weighted by Gasteiger charge is 2.43. The van der Waals surface area contributed by atoms with Gasteiger partial charge in [-0.25, -0.2) is 14.8 Å². The number of aliphatic hydroxyl groups is 1. The highest BCUT2D eigenvalue weighted by atomic mass is 16.4. The zero-order valence-corrected chi connectivity index (χ0v) is 42.6. The average Bonchev–Trinajstić information content (AvgIpc) is 4.22. The van der Waals surface area contributed by atoms with Crippen LogP contribution in [0.3, 0.4) is 0 Å². The molecule has 26 heteroatoms. The molecule has 8 amide bonds. The molecule has 16 N–H and O–H groups in total. The fourth-order valence-electron chi connectivity index (χ4n) is 9.45. The van der Waals surface area contributed by atoms with E-state index in [0.717, 1.165) is 0 Å². The normalized spacial score (nSPS) is 18.1. The number of amides is 8. The molecular weight excluding hydrogens is 987 g/mol. The van der Waals surface area contributed by atoms with Crippen LogP contribution in [0.4, 0.5) is 4.79 Å². The van der Waals surface area contributed by atoms with Crippen molar-refractivity contribution >= 4 is 65.1 Å². The molecule has 0 aliphatic carbocycles. The monoisotopic (exact) mass is 1060 g/mol. The molecule has 3 aliphatic rings. The second kappa shape index (κ2) is 29.3. The van der Waals surface area contributed by atoms with Crippen LogP contribution in [0.5, 0.6) is 0 Å². The summed E-state index contributed by atoms with van der Waals surface area (Å²) in [6.45, 7) is -0.292. The first-order chi connectivity index (χ1) is 36.4. The number of Topliss-reactive ketones (excluding diaryl/α,β-unsaturated/α-hetero) is 1. The van der Waals surface area contributed by atoms with E-state index in [2.05, 4.69) is 31.3 Å². The van der Waals surface area contributed by atoms with Gasteiger partial charge < -0.3 is 69.9 Å². The van der Waals surface area contributed by atoms with Gasteiger partial charge in [-0.05, 0) is 75.3 Å². The Kier molecular flexibility index (Phi) is 22.7. The third kappa shape index (κ3) is 17.4. The van der Waals surface area contributed by atoms with Crippen LogP contribution in [-0.2, 0) is 51.2 Å². The van der Waals surface area contributed by atoms with Gasteiger partial charge in [0.05, 0.1) is 31.2 Å². The van der Waals surface area contributed by atoms with Crippen molar-refractivity contribution in [1.82, 2.24) is 41.1 Å². The minimum atomic E-state index is -1.58. The molecule has 0 aromatic heterocycles. The molecule has 0 radical (unpaired) electrons. The van der Waals surface area contributed by atoms with Crippen molar-refractivity contribution in [2.75, 3.05) is 52.4 Å². The lowest BCUT2D eigenvalue weighted by Gasteiger charge is -2.34. The Hall–Kier alpha value is -7.87. The number of nitrogens with two attached hydrogens (primary N) is 5. The maximum absolute atomic E-state index is 14.2. The number of carboxylic acids is 1. The lowest BCUT2D eigenvalue weighted by Crippen LogP contribution is -2.59. The zero-order valence-electron chi connectivity index (χ0n) is 42.6. The van der Waals surface area contributed by atoms with E-state index in [4.69, 9.17) is 28.7 Å². The summed E-state index contributed by atoms with van der Waals surface area (Å²) in [5, 5.41) is 33.5. The number of urea groups is 1. The minimum Gasteiger partial charge on any atom is -0.481 e. The summed E-state index contributed by atoms with van der Waals surface area (Å²) in [5.74, 6) is -7.30. The molecule has 5 rings (SSSR count). The number of aliphatic hydroxyl groups excluding tert-OH is 1. The van der Waals surface area contributed by atoms with Crippen LogP contribution in [0.15, 0.2) is 70.6 Å². The van der Waals surface area contributed by atoms with Crippen molar-refractivity contribution in [3.8, 4) is 0 Å². The number of aliphatic imine (C=N–C) groups is 2. The van der Waals surface area contributed by atoms with Gasteiger partial charge in [0.1, 0.15) is 24.2 Å². The van der Waals surface area contributed by atoms with Crippen molar-refractivity contribution in [3.05, 3.63) is 71.8 Å². The predicted molar refractivity (Wildman–Crippen MR) is 278 cm³/mol. The summed E-state index contributed by atoms with van der Waals surface area (Å²) in [7, 11) is 0. The van der Waals surface area contributed by atoms with Crippen LogP contribution in [0.2, 0.25) is 0 Å². The number of likely N-dealkylation sites (tertiary alicyclic amines) is 2. The highest BCUT2D eigenvalue weighted by Crippen LogP contribution is 2.24. The SMILES string of the molecule is NC(N)=NCCC[C@@H](CC(=O)[C@H](Cc1ccccc1)NC(=O)[C@H]1CCCN1C(=O)[C@H](CO)NC(=O)[C@H](Cc1ccccc1)NC(=O)CNC(=O)[C@H]1CCCN1C(=O)N1CCCN1C(=O)[C@H](N)CCCN=C(N)N)C(=O)O. The predicted octanol–water partition coefficient (Wildman–Crippen LogP) is -2.85. The van der Waals surface area contributed by atoms with E-state index >= 15 is 0 Å². The molecule has 26 nitrogen and oxygen atoms in total. The number of hydrogen-bond donors (Lipinski definition) is 11. The molecular formula is C50H73N15O11. The quantitative estimate of drug-likeness (QED) is 0.0244. The molecule has 7 atom stereocenters. The number of carbonyl (C=O) groups excluding carboxylic acids is 8. The van der Waals surface area contributed by atoms with Crippen molar-refractivity contribution < 1.29 is 53.4 Å². The van der Waals surface area contributed by atoms with Gasteiger partial charge >= 0.3 is 12.0 Å². The van der Waals surface area contributed by atoms with Gasteiger partial charge in [-0.3, -0.25) is 48.3 Å². The van der Waals surface area contributed by atoms with E-state index in [9.17, 15) is 53.4 Å². The molecule has 3 aliphatic heterocycles. The third-order valence-corrected chi connectivity index (χ3v) is 13.4. The number of hydrogen-bond acceptors (Lipinski definition) is 13. The molecule has 3 fully saturated rings. The van der Waals surface area contributed by atoms with Crippen LogP contribution in [-0.4, -0.2) is 184 Å². The standard InChI is InChI=1S/C50H73N15O11/c51-34(17-8-21-57-49(54)55)45(72)64-24-11-25-65(64)50(76)63-23-10-18-38(63)43(70)58-29-41(68)59-36(27-32-14-5-2-6-15-32)42(69)61-37(30-66)46(73)62-22-9-19-39(62)44(71)60-35(26-31-12-3-1-4-13-31)40(67)28-33(47(74)75)16-7-20-56-48(52)53/h1-6,12-15,33-39,66H,7-11,16-30,51H2,(H,58,70)(H,59,68)(H,60,71)(H,61,69)(H,74,75)(H4,52,53,56)(H4,54,55,57)/t33-,34+,35-,36-,37-,38+,39+/m0/s1. The topological polar surface area (TPSA) is 410 Å². The van der Waals surface area contributed by atoms with Crippen molar-refractivity contribution in [2.45, 2.75) is 113 Å². The molecule has 0 saturated carbocycles. The Morgan fingerprint density at radius 2 is 1.18 bits per heavy atom. The first-order valence-electron chi connectivity index (χ1n) is 25.6. The van der Waals surface area contributed by atoms with E-state index in [1.165, 1.54) is 19.8 Å². The van der Waals surface area contributed by atoms with Crippen LogP contribution >= 0.6 is 0 Å². The molecule has 0 spiro atoms.